The first-order valence-electron chi connectivity index (χ1n) is 7.30. The lowest BCUT2D eigenvalue weighted by atomic mass is 9.94. The Kier molecular flexibility index (Phi) is 6.57. The molecule has 0 bridgehead atoms. The maximum absolute atomic E-state index is 13.1. The van der Waals surface area contributed by atoms with E-state index in [1.54, 1.807) is 11.0 Å². The average Bonchev–Trinajstić information content (AvgIpc) is 2.41. The molecule has 1 rings (SSSR count). The highest BCUT2D eigenvalue weighted by Gasteiger charge is 2.24. The number of hydrogen-bond acceptors (Lipinski definition) is 2. The summed E-state index contributed by atoms with van der Waals surface area (Å²) in [6.07, 6.45) is 0. The van der Waals surface area contributed by atoms with Gasteiger partial charge in [-0.1, -0.05) is 29.8 Å². The quantitative estimate of drug-likeness (QED) is 0.774. The van der Waals surface area contributed by atoms with Gasteiger partial charge in [-0.2, -0.15) is 0 Å². The van der Waals surface area contributed by atoms with Crippen molar-refractivity contribution >= 4 is 17.5 Å². The van der Waals surface area contributed by atoms with Crippen LogP contribution in [0.25, 0.3) is 0 Å². The van der Waals surface area contributed by atoms with Gasteiger partial charge in [-0.15, -0.1) is 0 Å². The van der Waals surface area contributed by atoms with E-state index in [1.807, 2.05) is 27.7 Å². The number of carbonyl (C=O) groups excluding carboxylic acids is 1. The van der Waals surface area contributed by atoms with Crippen molar-refractivity contribution in [1.29, 1.82) is 0 Å². The second kappa shape index (κ2) is 7.75. The number of amides is 1. The highest BCUT2D eigenvalue weighted by Crippen LogP contribution is 2.28. The molecule has 0 aliphatic carbocycles. The summed E-state index contributed by atoms with van der Waals surface area (Å²) in [6.45, 7) is 12.8. The molecule has 0 atom stereocenters. The van der Waals surface area contributed by atoms with E-state index in [4.69, 9.17) is 11.6 Å². The molecule has 5 heteroatoms. The molecule has 0 heterocycles. The Balaban J connectivity index is 2.76. The van der Waals surface area contributed by atoms with E-state index in [0.29, 0.717) is 18.1 Å². The molecule has 0 unspecified atom stereocenters. The zero-order valence-corrected chi connectivity index (χ0v) is 14.4. The van der Waals surface area contributed by atoms with Crippen LogP contribution >= 0.6 is 11.6 Å². The summed E-state index contributed by atoms with van der Waals surface area (Å²) in [6, 6.07) is 4.29. The largest absolute Gasteiger partial charge is 0.338 e. The Morgan fingerprint density at radius 2 is 2.09 bits per heavy atom. The van der Waals surface area contributed by atoms with Crippen molar-refractivity contribution in [2.75, 3.05) is 19.6 Å². The lowest BCUT2D eigenvalue weighted by Gasteiger charge is -2.29. The second-order valence-corrected chi connectivity index (χ2v) is 6.37. The van der Waals surface area contributed by atoms with Crippen molar-refractivity contribution in [2.45, 2.75) is 33.2 Å². The summed E-state index contributed by atoms with van der Waals surface area (Å²) in [4.78, 5) is 14.0. The number of nitrogens with zero attached hydrogens (tertiary/aromatic N) is 1. The molecule has 22 heavy (non-hydrogen) atoms. The van der Waals surface area contributed by atoms with E-state index < -0.39 is 5.54 Å². The van der Waals surface area contributed by atoms with Crippen molar-refractivity contribution in [3.63, 3.8) is 0 Å². The molecule has 0 aliphatic heterocycles. The predicted molar refractivity (Wildman–Crippen MR) is 89.5 cm³/mol. The zero-order valence-electron chi connectivity index (χ0n) is 13.7. The first-order valence-corrected chi connectivity index (χ1v) is 7.68. The fourth-order valence-corrected chi connectivity index (χ4v) is 2.61. The molecule has 1 N–H and O–H groups in total. The van der Waals surface area contributed by atoms with Gasteiger partial charge in [-0.25, -0.2) is 4.39 Å². The van der Waals surface area contributed by atoms with E-state index >= 15 is 0 Å². The third-order valence-electron chi connectivity index (χ3n) is 3.48. The second-order valence-electron chi connectivity index (χ2n) is 5.97. The monoisotopic (exact) mass is 326 g/mol. The third-order valence-corrected chi connectivity index (χ3v) is 3.79. The van der Waals surface area contributed by atoms with E-state index in [2.05, 4.69) is 11.9 Å². The number of rotatable bonds is 7. The van der Waals surface area contributed by atoms with E-state index in [-0.39, 0.29) is 18.3 Å². The van der Waals surface area contributed by atoms with Crippen molar-refractivity contribution in [2.24, 2.45) is 0 Å². The first-order chi connectivity index (χ1) is 10.2. The number of likely N-dealkylation sites (N-methyl/N-ethyl adjacent to an activating group) is 1. The van der Waals surface area contributed by atoms with Crippen LogP contribution in [0.4, 0.5) is 4.39 Å². The summed E-state index contributed by atoms with van der Waals surface area (Å²) in [5.74, 6) is -0.379. The standard InChI is InChI=1S/C17H24ClFN2O/c1-6-21(11-12(2)3)16(22)10-20-17(4,5)14-8-7-13(19)9-15(14)18/h7-9,20H,2,6,10-11H2,1,3-5H3. The molecule has 0 saturated carbocycles. The van der Waals surface area contributed by atoms with Crippen LogP contribution in [0, 0.1) is 5.82 Å². The van der Waals surface area contributed by atoms with Crippen molar-refractivity contribution in [1.82, 2.24) is 10.2 Å². The molecule has 3 nitrogen and oxygen atoms in total. The lowest BCUT2D eigenvalue weighted by Crippen LogP contribution is -2.45. The molecular weight excluding hydrogens is 303 g/mol. The van der Waals surface area contributed by atoms with Crippen LogP contribution in [0.15, 0.2) is 30.4 Å². The van der Waals surface area contributed by atoms with Gasteiger partial charge in [0.25, 0.3) is 0 Å². The van der Waals surface area contributed by atoms with Crippen LogP contribution in [0.3, 0.4) is 0 Å². The molecule has 0 saturated heterocycles. The minimum atomic E-state index is -0.539. The zero-order chi connectivity index (χ0) is 16.9. The molecule has 0 radical (unpaired) electrons. The van der Waals surface area contributed by atoms with Crippen LogP contribution in [0.1, 0.15) is 33.3 Å². The van der Waals surface area contributed by atoms with Gasteiger partial charge in [0.15, 0.2) is 0 Å². The molecule has 0 fully saturated rings. The van der Waals surface area contributed by atoms with Crippen LogP contribution < -0.4 is 5.32 Å². The van der Waals surface area contributed by atoms with Gasteiger partial charge in [0.05, 0.1) is 6.54 Å². The van der Waals surface area contributed by atoms with E-state index in [1.165, 1.54) is 12.1 Å². The fourth-order valence-electron chi connectivity index (χ4n) is 2.20. The number of halogens is 2. The van der Waals surface area contributed by atoms with Gasteiger partial charge in [0.2, 0.25) is 5.91 Å². The lowest BCUT2D eigenvalue weighted by molar-refractivity contribution is -0.130. The third kappa shape index (κ3) is 5.11. The smallest absolute Gasteiger partial charge is 0.236 e. The van der Waals surface area contributed by atoms with Crippen molar-refractivity contribution in [3.8, 4) is 0 Å². The molecule has 0 aromatic heterocycles. The number of benzene rings is 1. The Labute approximate surface area is 137 Å². The normalized spacial score (nSPS) is 11.4. The summed E-state index contributed by atoms with van der Waals surface area (Å²) in [7, 11) is 0. The SMILES string of the molecule is C=C(C)CN(CC)C(=O)CNC(C)(C)c1ccc(F)cc1Cl. The average molecular weight is 327 g/mol. The first kappa shape index (κ1) is 18.7. The number of hydrogen-bond donors (Lipinski definition) is 1. The van der Waals surface area contributed by atoms with Crippen LogP contribution in [-0.2, 0) is 10.3 Å². The molecule has 1 amide bonds. The van der Waals surface area contributed by atoms with Crippen molar-refractivity contribution < 1.29 is 9.18 Å². The Bertz CT molecular complexity index is 558. The Morgan fingerprint density at radius 3 is 2.59 bits per heavy atom. The summed E-state index contributed by atoms with van der Waals surface area (Å²) in [5.41, 5.74) is 1.16. The maximum Gasteiger partial charge on any atom is 0.236 e. The van der Waals surface area contributed by atoms with Crippen LogP contribution in [0.2, 0.25) is 5.02 Å². The molecule has 122 valence electrons. The maximum atomic E-state index is 13.1. The summed E-state index contributed by atoms with van der Waals surface area (Å²) >= 11 is 6.10. The van der Waals surface area contributed by atoms with Gasteiger partial charge >= 0.3 is 0 Å². The Hall–Kier alpha value is -1.39. The van der Waals surface area contributed by atoms with Crippen molar-refractivity contribution in [3.05, 3.63) is 46.8 Å². The van der Waals surface area contributed by atoms with Gasteiger partial charge < -0.3 is 4.90 Å². The minimum absolute atomic E-state index is 0.00295. The van der Waals surface area contributed by atoms with Gasteiger partial charge in [-0.05, 0) is 45.4 Å². The van der Waals surface area contributed by atoms with Gasteiger partial charge in [0, 0.05) is 23.7 Å². The van der Waals surface area contributed by atoms with Crippen LogP contribution in [-0.4, -0.2) is 30.4 Å². The van der Waals surface area contributed by atoms with Gasteiger partial charge in [-0.3, -0.25) is 10.1 Å². The molecule has 1 aromatic rings. The summed E-state index contributed by atoms with van der Waals surface area (Å²) < 4.78 is 13.1. The summed E-state index contributed by atoms with van der Waals surface area (Å²) in [5, 5.41) is 3.54. The minimum Gasteiger partial charge on any atom is -0.338 e. The fraction of sp³-hybridized carbons (Fsp3) is 0.471. The Morgan fingerprint density at radius 1 is 1.45 bits per heavy atom. The highest BCUT2D eigenvalue weighted by molar-refractivity contribution is 6.31. The topological polar surface area (TPSA) is 32.3 Å². The van der Waals surface area contributed by atoms with E-state index in [9.17, 15) is 9.18 Å². The van der Waals surface area contributed by atoms with Gasteiger partial charge in [0.1, 0.15) is 5.82 Å². The molecule has 0 aliphatic rings. The molecule has 1 aromatic carbocycles. The van der Waals surface area contributed by atoms with E-state index in [0.717, 1.165) is 11.1 Å². The number of nitrogens with one attached hydrogen (secondary N) is 1. The van der Waals surface area contributed by atoms with Crippen LogP contribution in [0.5, 0.6) is 0 Å². The predicted octanol–water partition coefficient (Wildman–Crippen LogP) is 3.73. The number of carbonyl (C=O) groups is 1. The highest BCUT2D eigenvalue weighted by atomic mass is 35.5. The molecule has 0 spiro atoms. The molecular formula is C17H24ClFN2O.